The topological polar surface area (TPSA) is 112 Å². The molecule has 2 aliphatic heterocycles. The Kier molecular flexibility index (Phi) is 3.80. The second-order valence-electron chi connectivity index (χ2n) is 7.77. The predicted octanol–water partition coefficient (Wildman–Crippen LogP) is 2.80. The molecular formula is C23H19N5O2. The molecule has 0 saturated carbocycles. The van der Waals surface area contributed by atoms with Crippen LogP contribution in [0.15, 0.2) is 65.4 Å². The van der Waals surface area contributed by atoms with Gasteiger partial charge in [-0.1, -0.05) is 17.7 Å². The van der Waals surface area contributed by atoms with Gasteiger partial charge in [-0.25, -0.2) is 0 Å². The fraction of sp³-hybridized carbons (Fsp3) is 0.217. The lowest BCUT2D eigenvalue weighted by atomic mass is 9.63. The van der Waals surface area contributed by atoms with Gasteiger partial charge in [-0.3, -0.25) is 19.5 Å². The van der Waals surface area contributed by atoms with Crippen molar-refractivity contribution in [2.75, 3.05) is 10.2 Å². The Morgan fingerprint density at radius 1 is 1.27 bits per heavy atom. The highest BCUT2D eigenvalue weighted by Gasteiger charge is 2.60. The molecule has 7 heteroatoms. The lowest BCUT2D eigenvalue weighted by Gasteiger charge is -2.43. The quantitative estimate of drug-likeness (QED) is 0.765. The first-order valence-corrected chi connectivity index (χ1v) is 9.80. The zero-order valence-electron chi connectivity index (χ0n) is 16.4. The number of fused-ring (bicyclic) bond motifs is 3. The van der Waals surface area contributed by atoms with Gasteiger partial charge in [0.2, 0.25) is 5.91 Å². The first-order valence-electron chi connectivity index (χ1n) is 9.80. The molecule has 7 nitrogen and oxygen atoms in total. The van der Waals surface area contributed by atoms with E-state index >= 15 is 0 Å². The van der Waals surface area contributed by atoms with Gasteiger partial charge in [0.15, 0.2) is 5.78 Å². The van der Waals surface area contributed by atoms with Crippen LogP contribution < -0.4 is 16.0 Å². The number of hydrogen-bond donors (Lipinski definition) is 2. The molecule has 3 heterocycles. The number of aryl methyl sites for hydroxylation is 1. The summed E-state index contributed by atoms with van der Waals surface area (Å²) in [4.78, 5) is 32.7. The summed E-state index contributed by atoms with van der Waals surface area (Å²) < 4.78 is 0. The van der Waals surface area contributed by atoms with E-state index in [1.165, 1.54) is 0 Å². The molecule has 1 atom stereocenters. The molecule has 0 fully saturated rings. The normalized spacial score (nSPS) is 22.7. The van der Waals surface area contributed by atoms with Gasteiger partial charge in [-0.05, 0) is 38.0 Å². The monoisotopic (exact) mass is 397 g/mol. The van der Waals surface area contributed by atoms with Gasteiger partial charge in [0, 0.05) is 35.1 Å². The van der Waals surface area contributed by atoms with Crippen molar-refractivity contribution in [1.29, 1.82) is 5.26 Å². The predicted molar refractivity (Wildman–Crippen MR) is 111 cm³/mol. The van der Waals surface area contributed by atoms with Crippen LogP contribution >= 0.6 is 0 Å². The Balaban J connectivity index is 1.90. The van der Waals surface area contributed by atoms with Crippen LogP contribution in [-0.2, 0) is 15.0 Å². The number of ketones is 1. The van der Waals surface area contributed by atoms with E-state index in [1.54, 1.807) is 23.4 Å². The second kappa shape index (κ2) is 6.29. The van der Waals surface area contributed by atoms with Crippen LogP contribution in [-0.4, -0.2) is 16.7 Å². The van der Waals surface area contributed by atoms with Crippen LogP contribution in [0.1, 0.15) is 30.4 Å². The number of benzene rings is 1. The maximum atomic E-state index is 13.5. The molecule has 1 spiro atoms. The number of nitrogens with two attached hydrogens (primary N) is 1. The Hall–Kier alpha value is -3.92. The van der Waals surface area contributed by atoms with E-state index in [1.807, 2.05) is 31.2 Å². The van der Waals surface area contributed by atoms with Crippen molar-refractivity contribution in [3.8, 4) is 6.07 Å². The summed E-state index contributed by atoms with van der Waals surface area (Å²) in [7, 11) is 0. The zero-order valence-corrected chi connectivity index (χ0v) is 16.4. The molecule has 30 heavy (non-hydrogen) atoms. The number of anilines is 2. The van der Waals surface area contributed by atoms with Crippen LogP contribution in [0.4, 0.5) is 11.4 Å². The molecule has 1 amide bonds. The maximum absolute atomic E-state index is 13.5. The first kappa shape index (κ1) is 18.1. The van der Waals surface area contributed by atoms with Gasteiger partial charge in [0.25, 0.3) is 0 Å². The van der Waals surface area contributed by atoms with Gasteiger partial charge < -0.3 is 11.1 Å². The molecule has 0 radical (unpaired) electrons. The number of aromatic nitrogens is 1. The van der Waals surface area contributed by atoms with E-state index in [4.69, 9.17) is 5.73 Å². The van der Waals surface area contributed by atoms with E-state index < -0.39 is 11.3 Å². The standard InChI is InChI=1S/C23H19N5O2/c1-13-7-8-17-15(10-13)23(22(30)27-17)16(11-24)21(25)28(14-4-3-9-26-12-14)18-5-2-6-19(29)20(18)23/h3-4,7-10,12H,2,5-6,25H2,1H3,(H,27,30)/t23-/m0/s1. The summed E-state index contributed by atoms with van der Waals surface area (Å²) in [5, 5.41) is 13.1. The number of allylic oxidation sites excluding steroid dienone is 1. The average Bonchev–Trinajstić information content (AvgIpc) is 3.01. The third-order valence-corrected chi connectivity index (χ3v) is 6.09. The molecule has 5 rings (SSSR count). The van der Waals surface area contributed by atoms with E-state index in [0.717, 1.165) is 5.56 Å². The van der Waals surface area contributed by atoms with Crippen LogP contribution in [0.3, 0.4) is 0 Å². The minimum Gasteiger partial charge on any atom is -0.384 e. The largest absolute Gasteiger partial charge is 0.384 e. The summed E-state index contributed by atoms with van der Waals surface area (Å²) >= 11 is 0. The molecule has 0 bridgehead atoms. The molecule has 2 aromatic rings. The summed E-state index contributed by atoms with van der Waals surface area (Å²) in [5.41, 5.74) is 8.93. The van der Waals surface area contributed by atoms with Crippen molar-refractivity contribution in [2.24, 2.45) is 5.73 Å². The Morgan fingerprint density at radius 3 is 2.83 bits per heavy atom. The lowest BCUT2D eigenvalue weighted by molar-refractivity contribution is -0.122. The third kappa shape index (κ3) is 2.16. The number of pyridine rings is 1. The molecule has 1 aromatic heterocycles. The summed E-state index contributed by atoms with van der Waals surface area (Å²) in [6.07, 6.45) is 4.84. The zero-order chi connectivity index (χ0) is 21.0. The van der Waals surface area contributed by atoms with Gasteiger partial charge >= 0.3 is 0 Å². The molecule has 1 aromatic carbocycles. The number of nitriles is 1. The SMILES string of the molecule is Cc1ccc2c(c1)[C@]1(C(=O)N2)C(C#N)=C(N)N(c2cccnc2)C2=C1C(=O)CCC2. The number of carbonyl (C=O) groups is 2. The number of hydrogen-bond acceptors (Lipinski definition) is 6. The number of Topliss-reactive ketones (excluding diaryl/α,β-unsaturated/α-hetero) is 1. The van der Waals surface area contributed by atoms with E-state index in [9.17, 15) is 14.9 Å². The fourth-order valence-electron chi connectivity index (χ4n) is 4.88. The number of nitrogens with one attached hydrogen (secondary N) is 1. The Morgan fingerprint density at radius 2 is 2.10 bits per heavy atom. The molecule has 3 aliphatic rings. The molecule has 0 saturated heterocycles. The summed E-state index contributed by atoms with van der Waals surface area (Å²) in [6, 6.07) is 11.3. The van der Waals surface area contributed by atoms with Gasteiger partial charge in [-0.2, -0.15) is 5.26 Å². The van der Waals surface area contributed by atoms with Crippen molar-refractivity contribution in [1.82, 2.24) is 4.98 Å². The minimum atomic E-state index is -1.52. The van der Waals surface area contributed by atoms with Crippen molar-refractivity contribution in [3.05, 3.63) is 76.5 Å². The van der Waals surface area contributed by atoms with Crippen molar-refractivity contribution >= 4 is 23.1 Å². The van der Waals surface area contributed by atoms with E-state index in [-0.39, 0.29) is 17.2 Å². The van der Waals surface area contributed by atoms with Crippen LogP contribution in [0.2, 0.25) is 0 Å². The highest BCUT2D eigenvalue weighted by Crippen LogP contribution is 2.55. The third-order valence-electron chi connectivity index (χ3n) is 6.09. The summed E-state index contributed by atoms with van der Waals surface area (Å²) in [5.74, 6) is -0.380. The maximum Gasteiger partial charge on any atom is 0.245 e. The Bertz CT molecular complexity index is 1220. The van der Waals surface area contributed by atoms with Crippen LogP contribution in [0, 0.1) is 18.3 Å². The number of nitrogens with zero attached hydrogens (tertiary/aromatic N) is 3. The molecule has 3 N–H and O–H groups in total. The van der Waals surface area contributed by atoms with Crippen LogP contribution in [0.25, 0.3) is 0 Å². The first-order chi connectivity index (χ1) is 14.5. The number of amides is 1. The van der Waals surface area contributed by atoms with E-state index in [2.05, 4.69) is 16.4 Å². The molecule has 0 unspecified atom stereocenters. The molecule has 148 valence electrons. The highest BCUT2D eigenvalue weighted by molar-refractivity contribution is 6.19. The molecular weight excluding hydrogens is 378 g/mol. The van der Waals surface area contributed by atoms with E-state index in [0.29, 0.717) is 47.5 Å². The van der Waals surface area contributed by atoms with Crippen molar-refractivity contribution in [2.45, 2.75) is 31.6 Å². The highest BCUT2D eigenvalue weighted by atomic mass is 16.2. The van der Waals surface area contributed by atoms with Crippen LogP contribution in [0.5, 0.6) is 0 Å². The summed E-state index contributed by atoms with van der Waals surface area (Å²) in [6.45, 7) is 1.92. The van der Waals surface area contributed by atoms with Gasteiger partial charge in [0.05, 0.1) is 17.5 Å². The number of carbonyl (C=O) groups excluding carboxylic acids is 2. The number of rotatable bonds is 1. The second-order valence-corrected chi connectivity index (χ2v) is 7.77. The van der Waals surface area contributed by atoms with Gasteiger partial charge in [0.1, 0.15) is 17.3 Å². The van der Waals surface area contributed by atoms with Crippen molar-refractivity contribution < 1.29 is 9.59 Å². The lowest BCUT2D eigenvalue weighted by Crippen LogP contribution is -2.50. The smallest absolute Gasteiger partial charge is 0.245 e. The van der Waals surface area contributed by atoms with Gasteiger partial charge in [-0.15, -0.1) is 0 Å². The average molecular weight is 397 g/mol. The van der Waals surface area contributed by atoms with Crippen molar-refractivity contribution in [3.63, 3.8) is 0 Å². The fourth-order valence-corrected chi connectivity index (χ4v) is 4.88. The molecule has 1 aliphatic carbocycles. The Labute approximate surface area is 173 Å². The minimum absolute atomic E-state index is 0.0715.